The Bertz CT molecular complexity index is 1060. The standard InChI is InChI=1S/C21H27F3N4O4S/c1-26(2)6-7-27(15-16-4-3-5-17(12-16)21(22,23)24)20(29)19-13-18(14-25-19)33(30,31)28-8-10-32-11-9-28/h3-5,12-14,25H,6-11,15H2,1-2H3. The second-order valence-corrected chi connectivity index (χ2v) is 9.93. The lowest BCUT2D eigenvalue weighted by Crippen LogP contribution is -2.40. The molecule has 0 aliphatic carbocycles. The van der Waals surface area contributed by atoms with Gasteiger partial charge in [0.2, 0.25) is 10.0 Å². The summed E-state index contributed by atoms with van der Waals surface area (Å²) in [6.07, 6.45) is -3.23. The van der Waals surface area contributed by atoms with Crippen molar-refractivity contribution < 1.29 is 31.1 Å². The molecular weight excluding hydrogens is 461 g/mol. The van der Waals surface area contributed by atoms with Crippen LogP contribution in [0.1, 0.15) is 21.6 Å². The number of nitrogens with one attached hydrogen (secondary N) is 1. The monoisotopic (exact) mass is 488 g/mol. The van der Waals surface area contributed by atoms with Crippen LogP contribution in [0.2, 0.25) is 0 Å². The smallest absolute Gasteiger partial charge is 0.379 e. The van der Waals surface area contributed by atoms with E-state index in [1.807, 2.05) is 19.0 Å². The highest BCUT2D eigenvalue weighted by Gasteiger charge is 2.31. The fourth-order valence-corrected chi connectivity index (χ4v) is 4.80. The maximum atomic E-state index is 13.2. The van der Waals surface area contributed by atoms with Crippen molar-refractivity contribution in [3.63, 3.8) is 0 Å². The van der Waals surface area contributed by atoms with Crippen molar-refractivity contribution in [1.82, 2.24) is 19.1 Å². The fraction of sp³-hybridized carbons (Fsp3) is 0.476. The Morgan fingerprint density at radius 2 is 1.85 bits per heavy atom. The van der Waals surface area contributed by atoms with Gasteiger partial charge < -0.3 is 19.5 Å². The average Bonchev–Trinajstić information content (AvgIpc) is 3.27. The summed E-state index contributed by atoms with van der Waals surface area (Å²) < 4.78 is 71.4. The molecule has 2 heterocycles. The molecule has 1 aliphatic rings. The van der Waals surface area contributed by atoms with Gasteiger partial charge in [-0.05, 0) is 37.9 Å². The van der Waals surface area contributed by atoms with E-state index in [4.69, 9.17) is 4.74 Å². The molecule has 12 heteroatoms. The minimum absolute atomic E-state index is 0.0422. The first-order valence-electron chi connectivity index (χ1n) is 10.3. The molecule has 0 bridgehead atoms. The summed E-state index contributed by atoms with van der Waals surface area (Å²) in [5.41, 5.74) is -0.420. The summed E-state index contributed by atoms with van der Waals surface area (Å²) in [6.45, 7) is 1.70. The predicted molar refractivity (Wildman–Crippen MR) is 115 cm³/mol. The van der Waals surface area contributed by atoms with Gasteiger partial charge in [-0.1, -0.05) is 12.1 Å². The molecule has 0 spiro atoms. The van der Waals surface area contributed by atoms with Crippen LogP contribution in [0.5, 0.6) is 0 Å². The Balaban J connectivity index is 1.82. The van der Waals surface area contributed by atoms with Gasteiger partial charge in [-0.25, -0.2) is 8.42 Å². The number of morpholine rings is 1. The molecule has 1 aliphatic heterocycles. The third-order valence-corrected chi connectivity index (χ3v) is 7.10. The van der Waals surface area contributed by atoms with E-state index < -0.39 is 27.7 Å². The number of rotatable bonds is 8. The second-order valence-electron chi connectivity index (χ2n) is 7.99. The normalized spacial score (nSPS) is 15.7. The first kappa shape index (κ1) is 25.2. The molecule has 1 saturated heterocycles. The Labute approximate surface area is 191 Å². The third-order valence-electron chi connectivity index (χ3n) is 5.23. The number of hydrogen-bond acceptors (Lipinski definition) is 5. The molecule has 3 rings (SSSR count). The van der Waals surface area contributed by atoms with E-state index in [1.165, 1.54) is 33.6 Å². The highest BCUT2D eigenvalue weighted by atomic mass is 32.2. The second kappa shape index (κ2) is 10.2. The number of alkyl halides is 3. The number of halogens is 3. The lowest BCUT2D eigenvalue weighted by atomic mass is 10.1. The summed E-state index contributed by atoms with van der Waals surface area (Å²) >= 11 is 0. The molecule has 0 saturated carbocycles. The van der Waals surface area contributed by atoms with E-state index in [1.54, 1.807) is 0 Å². The zero-order valence-corrected chi connectivity index (χ0v) is 19.2. The van der Waals surface area contributed by atoms with E-state index in [-0.39, 0.29) is 36.8 Å². The number of carbonyl (C=O) groups is 1. The Hall–Kier alpha value is -2.41. The number of aromatic nitrogens is 1. The quantitative estimate of drug-likeness (QED) is 0.616. The van der Waals surface area contributed by atoms with Gasteiger partial charge in [0, 0.05) is 38.9 Å². The van der Waals surface area contributed by atoms with Gasteiger partial charge in [0.15, 0.2) is 0 Å². The average molecular weight is 489 g/mol. The van der Waals surface area contributed by atoms with E-state index in [9.17, 15) is 26.4 Å². The molecule has 182 valence electrons. The zero-order valence-electron chi connectivity index (χ0n) is 18.4. The van der Waals surface area contributed by atoms with Gasteiger partial charge in [-0.2, -0.15) is 17.5 Å². The Morgan fingerprint density at radius 3 is 2.48 bits per heavy atom. The third kappa shape index (κ3) is 6.34. The molecule has 8 nitrogen and oxygen atoms in total. The van der Waals surface area contributed by atoms with Crippen molar-refractivity contribution in [3.8, 4) is 0 Å². The molecular formula is C21H27F3N4O4S. The lowest BCUT2D eigenvalue weighted by Gasteiger charge is -2.25. The van der Waals surface area contributed by atoms with Gasteiger partial charge in [0.05, 0.1) is 18.8 Å². The summed E-state index contributed by atoms with van der Waals surface area (Å²) in [7, 11) is -0.161. The summed E-state index contributed by atoms with van der Waals surface area (Å²) in [5, 5.41) is 0. The van der Waals surface area contributed by atoms with Crippen LogP contribution in [0.15, 0.2) is 41.4 Å². The highest BCUT2D eigenvalue weighted by molar-refractivity contribution is 7.89. The molecule has 0 unspecified atom stereocenters. The number of sulfonamides is 1. The number of aromatic amines is 1. The van der Waals surface area contributed by atoms with Crippen LogP contribution >= 0.6 is 0 Å². The maximum absolute atomic E-state index is 13.2. The Kier molecular flexibility index (Phi) is 7.83. The minimum Gasteiger partial charge on any atom is -0.379 e. The number of ether oxygens (including phenoxy) is 1. The van der Waals surface area contributed by atoms with E-state index in [0.29, 0.717) is 25.3 Å². The molecule has 1 N–H and O–H groups in total. The summed E-state index contributed by atoms with van der Waals surface area (Å²) in [5.74, 6) is -0.502. The molecule has 1 fully saturated rings. The molecule has 2 aromatic rings. The molecule has 0 radical (unpaired) electrons. The lowest BCUT2D eigenvalue weighted by molar-refractivity contribution is -0.137. The van der Waals surface area contributed by atoms with Crippen molar-refractivity contribution in [2.45, 2.75) is 17.6 Å². The number of carbonyl (C=O) groups excluding carboxylic acids is 1. The van der Waals surface area contributed by atoms with Crippen molar-refractivity contribution >= 4 is 15.9 Å². The van der Waals surface area contributed by atoms with Crippen molar-refractivity contribution in [3.05, 3.63) is 53.3 Å². The molecule has 1 amide bonds. The van der Waals surface area contributed by atoms with Gasteiger partial charge >= 0.3 is 6.18 Å². The zero-order chi connectivity index (χ0) is 24.2. The van der Waals surface area contributed by atoms with Crippen molar-refractivity contribution in [1.29, 1.82) is 0 Å². The van der Waals surface area contributed by atoms with Crippen LogP contribution in [0.4, 0.5) is 13.2 Å². The van der Waals surface area contributed by atoms with Crippen molar-refractivity contribution in [2.24, 2.45) is 0 Å². The van der Waals surface area contributed by atoms with Crippen LogP contribution in [-0.4, -0.2) is 86.9 Å². The predicted octanol–water partition coefficient (Wildman–Crippen LogP) is 2.26. The Morgan fingerprint density at radius 1 is 1.15 bits per heavy atom. The first-order valence-corrected chi connectivity index (χ1v) is 11.8. The molecule has 33 heavy (non-hydrogen) atoms. The van der Waals surface area contributed by atoms with Crippen LogP contribution < -0.4 is 0 Å². The van der Waals surface area contributed by atoms with Gasteiger partial charge in [0.25, 0.3) is 5.91 Å². The highest BCUT2D eigenvalue weighted by Crippen LogP contribution is 2.30. The summed E-state index contributed by atoms with van der Waals surface area (Å²) in [4.78, 5) is 19.1. The molecule has 1 aromatic carbocycles. The topological polar surface area (TPSA) is 86.0 Å². The first-order chi connectivity index (χ1) is 15.5. The number of likely N-dealkylation sites (N-methyl/N-ethyl adjacent to an activating group) is 1. The van der Waals surface area contributed by atoms with Crippen LogP contribution in [0, 0.1) is 0 Å². The SMILES string of the molecule is CN(C)CCN(Cc1cccc(C(F)(F)F)c1)C(=O)c1cc(S(=O)(=O)N2CCOCC2)c[nH]1. The van der Waals surface area contributed by atoms with E-state index in [0.717, 1.165) is 12.1 Å². The minimum atomic E-state index is -4.49. The van der Waals surface area contributed by atoms with Crippen LogP contribution in [0.3, 0.4) is 0 Å². The van der Waals surface area contributed by atoms with Crippen LogP contribution in [0.25, 0.3) is 0 Å². The van der Waals surface area contributed by atoms with Gasteiger partial charge in [0.1, 0.15) is 10.6 Å². The fourth-order valence-electron chi connectivity index (χ4n) is 3.39. The number of benzene rings is 1. The largest absolute Gasteiger partial charge is 0.416 e. The molecule has 1 aromatic heterocycles. The summed E-state index contributed by atoms with van der Waals surface area (Å²) in [6, 6.07) is 6.08. The number of amides is 1. The van der Waals surface area contributed by atoms with Crippen molar-refractivity contribution in [2.75, 3.05) is 53.5 Å². The van der Waals surface area contributed by atoms with Gasteiger partial charge in [-0.3, -0.25) is 4.79 Å². The van der Waals surface area contributed by atoms with E-state index >= 15 is 0 Å². The molecule has 0 atom stereocenters. The van der Waals surface area contributed by atoms with E-state index in [2.05, 4.69) is 4.98 Å². The van der Waals surface area contributed by atoms with Crippen LogP contribution in [-0.2, 0) is 27.5 Å². The number of hydrogen-bond donors (Lipinski definition) is 1. The number of H-pyrrole nitrogens is 1. The maximum Gasteiger partial charge on any atom is 0.416 e. The number of nitrogens with zero attached hydrogens (tertiary/aromatic N) is 3. The van der Waals surface area contributed by atoms with Gasteiger partial charge in [-0.15, -0.1) is 0 Å².